The van der Waals surface area contributed by atoms with E-state index in [0.717, 1.165) is 43.4 Å². The van der Waals surface area contributed by atoms with Crippen LogP contribution in [0.4, 0.5) is 13.2 Å². The minimum Gasteiger partial charge on any atom is -0.469 e. The lowest BCUT2D eigenvalue weighted by Gasteiger charge is -2.31. The van der Waals surface area contributed by atoms with Crippen LogP contribution in [0.15, 0.2) is 54.6 Å². The molecule has 29 heavy (non-hydrogen) atoms. The lowest BCUT2D eigenvalue weighted by atomic mass is 9.74. The molecule has 1 aliphatic rings. The second-order valence-corrected chi connectivity index (χ2v) is 7.24. The Morgan fingerprint density at radius 3 is 2.17 bits per heavy atom. The number of carbonyl (C=O) groups is 1. The van der Waals surface area contributed by atoms with Crippen LogP contribution in [0, 0.1) is 5.92 Å². The second-order valence-electron chi connectivity index (χ2n) is 7.24. The summed E-state index contributed by atoms with van der Waals surface area (Å²) in [5.41, 5.74) is 6.79. The van der Waals surface area contributed by atoms with Crippen molar-refractivity contribution in [1.82, 2.24) is 0 Å². The molecule has 0 aliphatic heterocycles. The van der Waals surface area contributed by atoms with Crippen molar-refractivity contribution in [2.45, 2.75) is 50.7 Å². The number of carbonyl (C=O) groups excluding carboxylic acids is 1. The summed E-state index contributed by atoms with van der Waals surface area (Å²) >= 11 is 0. The van der Waals surface area contributed by atoms with Gasteiger partial charge in [-0.2, -0.15) is 13.2 Å². The molecule has 6 heteroatoms. The van der Waals surface area contributed by atoms with Crippen molar-refractivity contribution in [2.75, 3.05) is 7.11 Å². The smallest absolute Gasteiger partial charge is 0.416 e. The SMILES string of the molecule is COC(=O)C[C@H]1CCCCC1c1ccc(C(F)(F)F)cc1.NCc1ccccc1. The van der Waals surface area contributed by atoms with Crippen molar-refractivity contribution in [3.8, 4) is 0 Å². The summed E-state index contributed by atoms with van der Waals surface area (Å²) in [5.74, 6) is 0.0434. The van der Waals surface area contributed by atoms with E-state index in [-0.39, 0.29) is 17.8 Å². The van der Waals surface area contributed by atoms with Gasteiger partial charge in [0, 0.05) is 13.0 Å². The molecule has 0 spiro atoms. The Hall–Kier alpha value is -2.34. The van der Waals surface area contributed by atoms with Crippen molar-refractivity contribution in [3.05, 3.63) is 71.3 Å². The third-order valence-corrected chi connectivity index (χ3v) is 5.31. The molecule has 0 amide bonds. The van der Waals surface area contributed by atoms with Crippen LogP contribution >= 0.6 is 0 Å². The van der Waals surface area contributed by atoms with Gasteiger partial charge in [0.25, 0.3) is 0 Å². The fourth-order valence-corrected chi connectivity index (χ4v) is 3.72. The van der Waals surface area contributed by atoms with Gasteiger partial charge in [0.15, 0.2) is 0 Å². The van der Waals surface area contributed by atoms with E-state index >= 15 is 0 Å². The van der Waals surface area contributed by atoms with Crippen LogP contribution in [-0.4, -0.2) is 13.1 Å². The van der Waals surface area contributed by atoms with E-state index in [9.17, 15) is 18.0 Å². The zero-order valence-corrected chi connectivity index (χ0v) is 16.6. The molecule has 1 aliphatic carbocycles. The maximum absolute atomic E-state index is 12.6. The van der Waals surface area contributed by atoms with Crippen molar-refractivity contribution >= 4 is 5.97 Å². The average molecular weight is 407 g/mol. The van der Waals surface area contributed by atoms with E-state index in [1.807, 2.05) is 30.3 Å². The third-order valence-electron chi connectivity index (χ3n) is 5.31. The Morgan fingerprint density at radius 1 is 1.03 bits per heavy atom. The summed E-state index contributed by atoms with van der Waals surface area (Å²) in [6, 6.07) is 15.3. The number of nitrogens with two attached hydrogens (primary N) is 1. The molecular formula is C23H28F3NO2. The predicted molar refractivity (Wildman–Crippen MR) is 107 cm³/mol. The van der Waals surface area contributed by atoms with Gasteiger partial charge in [-0.15, -0.1) is 0 Å². The van der Waals surface area contributed by atoms with Gasteiger partial charge >= 0.3 is 12.1 Å². The molecule has 2 N–H and O–H groups in total. The summed E-state index contributed by atoms with van der Waals surface area (Å²) in [5, 5.41) is 0. The zero-order valence-electron chi connectivity index (χ0n) is 16.6. The first-order chi connectivity index (χ1) is 13.8. The summed E-state index contributed by atoms with van der Waals surface area (Å²) in [7, 11) is 1.36. The Morgan fingerprint density at radius 2 is 1.66 bits per heavy atom. The number of rotatable bonds is 4. The van der Waals surface area contributed by atoms with Crippen molar-refractivity contribution in [2.24, 2.45) is 11.7 Å². The van der Waals surface area contributed by atoms with Crippen molar-refractivity contribution in [1.29, 1.82) is 0 Å². The molecule has 3 nitrogen and oxygen atoms in total. The van der Waals surface area contributed by atoms with Crippen molar-refractivity contribution < 1.29 is 22.7 Å². The fourth-order valence-electron chi connectivity index (χ4n) is 3.72. The van der Waals surface area contributed by atoms with Gasteiger partial charge < -0.3 is 10.5 Å². The number of benzene rings is 2. The van der Waals surface area contributed by atoms with Crippen molar-refractivity contribution in [3.63, 3.8) is 0 Å². The first-order valence-electron chi connectivity index (χ1n) is 9.83. The third kappa shape index (κ3) is 7.20. The van der Waals surface area contributed by atoms with E-state index in [1.165, 1.54) is 12.7 Å². The van der Waals surface area contributed by atoms with Gasteiger partial charge in [-0.1, -0.05) is 55.3 Å². The monoisotopic (exact) mass is 407 g/mol. The van der Waals surface area contributed by atoms with Crippen LogP contribution in [0.5, 0.6) is 0 Å². The molecule has 0 bridgehead atoms. The van der Waals surface area contributed by atoms with E-state index in [4.69, 9.17) is 10.5 Å². The van der Waals surface area contributed by atoms with E-state index < -0.39 is 11.7 Å². The predicted octanol–water partition coefficient (Wildman–Crippen LogP) is 5.69. The topological polar surface area (TPSA) is 52.3 Å². The molecule has 0 heterocycles. The fraction of sp³-hybridized carbons (Fsp3) is 0.435. The molecule has 0 aromatic heterocycles. The number of ether oxygens (including phenoxy) is 1. The maximum Gasteiger partial charge on any atom is 0.416 e. The molecule has 2 aromatic carbocycles. The van der Waals surface area contributed by atoms with Crippen LogP contribution in [0.1, 0.15) is 54.7 Å². The molecule has 3 rings (SSSR count). The molecule has 2 atom stereocenters. The van der Waals surface area contributed by atoms with Gasteiger partial charge in [0.1, 0.15) is 0 Å². The van der Waals surface area contributed by atoms with Gasteiger partial charge in [0.05, 0.1) is 12.7 Å². The highest BCUT2D eigenvalue weighted by atomic mass is 19.4. The van der Waals surface area contributed by atoms with Crippen LogP contribution < -0.4 is 5.73 Å². The normalized spacial score (nSPS) is 19.1. The number of halogens is 3. The lowest BCUT2D eigenvalue weighted by Crippen LogP contribution is -2.21. The van der Waals surface area contributed by atoms with Gasteiger partial charge in [-0.05, 0) is 47.9 Å². The highest BCUT2D eigenvalue weighted by Gasteiger charge is 2.32. The quantitative estimate of drug-likeness (QED) is 0.663. The molecule has 0 saturated heterocycles. The highest BCUT2D eigenvalue weighted by Crippen LogP contribution is 2.40. The first-order valence-corrected chi connectivity index (χ1v) is 9.83. The Kier molecular flexibility index (Phi) is 8.70. The zero-order chi connectivity index (χ0) is 21.3. The van der Waals surface area contributed by atoms with Crippen LogP contribution in [0.2, 0.25) is 0 Å². The summed E-state index contributed by atoms with van der Waals surface area (Å²) in [4.78, 5) is 11.5. The minimum absolute atomic E-state index is 0.139. The Labute approximate surface area is 170 Å². The summed E-state index contributed by atoms with van der Waals surface area (Å²) in [6.07, 6.45) is -0.0470. The Bertz CT molecular complexity index is 745. The largest absolute Gasteiger partial charge is 0.469 e. The summed E-state index contributed by atoms with van der Waals surface area (Å²) in [6.45, 7) is 0.640. The molecule has 158 valence electrons. The first kappa shape index (κ1) is 22.9. The number of hydrogen-bond acceptors (Lipinski definition) is 3. The van der Waals surface area contributed by atoms with E-state index in [2.05, 4.69) is 0 Å². The van der Waals surface area contributed by atoms with E-state index in [0.29, 0.717) is 13.0 Å². The highest BCUT2D eigenvalue weighted by molar-refractivity contribution is 5.69. The molecule has 1 unspecified atom stereocenters. The maximum atomic E-state index is 12.6. The molecule has 1 saturated carbocycles. The second kappa shape index (κ2) is 11.0. The number of methoxy groups -OCH3 is 1. The summed E-state index contributed by atoms with van der Waals surface area (Å²) < 4.78 is 42.5. The average Bonchev–Trinajstić information content (AvgIpc) is 2.74. The minimum atomic E-state index is -4.31. The molecular weight excluding hydrogens is 379 g/mol. The van der Waals surface area contributed by atoms with Crippen LogP contribution in [-0.2, 0) is 22.3 Å². The number of esters is 1. The van der Waals surface area contributed by atoms with Gasteiger partial charge in [-0.25, -0.2) is 0 Å². The standard InChI is InChI=1S/C16H19F3O2.C7H9N/c1-21-15(20)10-12-4-2-3-5-14(12)11-6-8-13(9-7-11)16(17,18)19;8-6-7-4-2-1-3-5-7/h6-9,12,14H,2-5,10H2,1H3;1-5H,6,8H2/t12-,14?;/m1./s1. The van der Waals surface area contributed by atoms with Crippen LogP contribution in [0.3, 0.4) is 0 Å². The van der Waals surface area contributed by atoms with Gasteiger partial charge in [-0.3, -0.25) is 4.79 Å². The number of hydrogen-bond donors (Lipinski definition) is 1. The number of alkyl halides is 3. The van der Waals surface area contributed by atoms with Gasteiger partial charge in [0.2, 0.25) is 0 Å². The van der Waals surface area contributed by atoms with E-state index in [1.54, 1.807) is 12.1 Å². The molecule has 2 aromatic rings. The molecule has 0 radical (unpaired) electrons. The molecule has 1 fully saturated rings. The van der Waals surface area contributed by atoms with Crippen LogP contribution in [0.25, 0.3) is 0 Å². The Balaban J connectivity index is 0.000000313. The lowest BCUT2D eigenvalue weighted by molar-refractivity contribution is -0.142.